The minimum Gasteiger partial charge on any atom is -0.338 e. The van der Waals surface area contributed by atoms with Crippen molar-refractivity contribution in [2.45, 2.75) is 39.2 Å². The highest BCUT2D eigenvalue weighted by atomic mass is 35.5. The number of hydrogen-bond acceptors (Lipinski definition) is 2. The highest BCUT2D eigenvalue weighted by molar-refractivity contribution is 6.30. The first-order valence-electron chi connectivity index (χ1n) is 8.83. The molecule has 1 aromatic heterocycles. The number of carbonyl (C=O) groups is 1. The van der Waals surface area contributed by atoms with E-state index < -0.39 is 0 Å². The summed E-state index contributed by atoms with van der Waals surface area (Å²) in [6, 6.07) is 10.3. The number of hydrogen-bond donors (Lipinski definition) is 1. The third kappa shape index (κ3) is 4.54. The summed E-state index contributed by atoms with van der Waals surface area (Å²) in [5.41, 5.74) is 3.43. The summed E-state index contributed by atoms with van der Waals surface area (Å²) >= 11 is 5.89. The molecule has 2 aromatic rings. The van der Waals surface area contributed by atoms with Gasteiger partial charge in [0.2, 0.25) is 0 Å². The monoisotopic (exact) mass is 360 g/mol. The smallest absolute Gasteiger partial charge is 0.317 e. The predicted molar refractivity (Wildman–Crippen MR) is 100 cm³/mol. The van der Waals surface area contributed by atoms with E-state index in [4.69, 9.17) is 11.6 Å². The number of nitrogens with one attached hydrogen (secondary N) is 1. The molecular formula is C19H25ClN4O. The summed E-state index contributed by atoms with van der Waals surface area (Å²) in [5.74, 6) is 0. The van der Waals surface area contributed by atoms with Crippen molar-refractivity contribution in [2.24, 2.45) is 0 Å². The van der Waals surface area contributed by atoms with Gasteiger partial charge in [-0.15, -0.1) is 0 Å². The summed E-state index contributed by atoms with van der Waals surface area (Å²) < 4.78 is 2.06. The van der Waals surface area contributed by atoms with Gasteiger partial charge in [0.1, 0.15) is 0 Å². The van der Waals surface area contributed by atoms with Crippen LogP contribution in [0.15, 0.2) is 30.3 Å². The van der Waals surface area contributed by atoms with Gasteiger partial charge in [0, 0.05) is 30.4 Å². The van der Waals surface area contributed by atoms with Gasteiger partial charge in [0.15, 0.2) is 0 Å². The Kier molecular flexibility index (Phi) is 5.63. The van der Waals surface area contributed by atoms with Crippen LogP contribution in [0, 0.1) is 13.8 Å². The quantitative estimate of drug-likeness (QED) is 0.826. The number of amides is 2. The Morgan fingerprint density at radius 1 is 1.32 bits per heavy atom. The largest absolute Gasteiger partial charge is 0.338 e. The zero-order chi connectivity index (χ0) is 17.8. The van der Waals surface area contributed by atoms with Crippen molar-refractivity contribution in [1.29, 1.82) is 0 Å². The van der Waals surface area contributed by atoms with Crippen LogP contribution in [0.3, 0.4) is 0 Å². The molecule has 5 nitrogen and oxygen atoms in total. The first-order valence-corrected chi connectivity index (χ1v) is 9.20. The van der Waals surface area contributed by atoms with Crippen molar-refractivity contribution >= 4 is 17.6 Å². The van der Waals surface area contributed by atoms with Gasteiger partial charge in [0.25, 0.3) is 0 Å². The van der Waals surface area contributed by atoms with Crippen LogP contribution >= 0.6 is 11.6 Å². The minimum atomic E-state index is 0.0279. The molecule has 0 radical (unpaired) electrons. The molecule has 0 aliphatic carbocycles. The molecule has 1 unspecified atom stereocenters. The molecule has 2 heterocycles. The van der Waals surface area contributed by atoms with E-state index in [1.807, 2.05) is 36.1 Å². The van der Waals surface area contributed by atoms with Gasteiger partial charge in [-0.3, -0.25) is 4.68 Å². The lowest BCUT2D eigenvalue weighted by Gasteiger charge is -2.18. The standard InChI is InChI=1S/C19H25ClN4O/c1-14-12-15(2)24(22-14)18-9-11-23(13-18)19(25)21-10-3-4-16-5-7-17(20)8-6-16/h5-8,12,18H,3-4,9-11,13H2,1-2H3,(H,21,25). The molecule has 1 aliphatic heterocycles. The van der Waals surface area contributed by atoms with Gasteiger partial charge in [-0.2, -0.15) is 5.10 Å². The summed E-state index contributed by atoms with van der Waals surface area (Å²) in [7, 11) is 0. The number of rotatable bonds is 5. The Balaban J connectivity index is 1.41. The van der Waals surface area contributed by atoms with Gasteiger partial charge in [0.05, 0.1) is 11.7 Å². The van der Waals surface area contributed by atoms with Crippen molar-refractivity contribution in [3.8, 4) is 0 Å². The zero-order valence-electron chi connectivity index (χ0n) is 14.8. The van der Waals surface area contributed by atoms with Crippen molar-refractivity contribution in [2.75, 3.05) is 19.6 Å². The van der Waals surface area contributed by atoms with Gasteiger partial charge in [-0.1, -0.05) is 23.7 Å². The van der Waals surface area contributed by atoms with Crippen molar-refractivity contribution in [3.05, 3.63) is 52.3 Å². The molecule has 134 valence electrons. The van der Waals surface area contributed by atoms with E-state index in [-0.39, 0.29) is 12.1 Å². The second-order valence-corrected chi connectivity index (χ2v) is 7.16. The van der Waals surface area contributed by atoms with Crippen LogP contribution in [0.1, 0.15) is 35.8 Å². The first kappa shape index (κ1) is 17.8. The fourth-order valence-electron chi connectivity index (χ4n) is 3.39. The molecule has 1 aromatic carbocycles. The SMILES string of the molecule is Cc1cc(C)n(C2CCN(C(=O)NCCCc3ccc(Cl)cc3)C2)n1. The van der Waals surface area contributed by atoms with Gasteiger partial charge in [-0.05, 0) is 56.9 Å². The average molecular weight is 361 g/mol. The summed E-state index contributed by atoms with van der Waals surface area (Å²) in [4.78, 5) is 14.2. The summed E-state index contributed by atoms with van der Waals surface area (Å²) in [5, 5.41) is 8.33. The number of carbonyl (C=O) groups excluding carboxylic acids is 1. The molecule has 2 amide bonds. The molecule has 1 N–H and O–H groups in total. The number of benzene rings is 1. The molecule has 0 bridgehead atoms. The molecule has 1 atom stereocenters. The zero-order valence-corrected chi connectivity index (χ0v) is 15.6. The third-order valence-electron chi connectivity index (χ3n) is 4.67. The maximum atomic E-state index is 12.3. The second-order valence-electron chi connectivity index (χ2n) is 6.72. The van der Waals surface area contributed by atoms with Crippen LogP contribution < -0.4 is 5.32 Å². The number of aromatic nitrogens is 2. The predicted octanol–water partition coefficient (Wildman–Crippen LogP) is 3.74. The van der Waals surface area contributed by atoms with Crippen molar-refractivity contribution < 1.29 is 4.79 Å². The van der Waals surface area contributed by atoms with E-state index in [1.165, 1.54) is 5.56 Å². The van der Waals surface area contributed by atoms with Gasteiger partial charge in [-0.25, -0.2) is 4.79 Å². The second kappa shape index (κ2) is 7.91. The van der Waals surface area contributed by atoms with Crippen LogP contribution in [-0.4, -0.2) is 40.3 Å². The Morgan fingerprint density at radius 2 is 2.08 bits per heavy atom. The molecule has 1 saturated heterocycles. The summed E-state index contributed by atoms with van der Waals surface area (Å²) in [6.07, 6.45) is 2.81. The molecule has 1 aliphatic rings. The topological polar surface area (TPSA) is 50.2 Å². The average Bonchev–Trinajstić information content (AvgIpc) is 3.19. The fourth-order valence-corrected chi connectivity index (χ4v) is 3.52. The molecular weight excluding hydrogens is 336 g/mol. The minimum absolute atomic E-state index is 0.0279. The summed E-state index contributed by atoms with van der Waals surface area (Å²) in [6.45, 7) is 6.27. The van der Waals surface area contributed by atoms with E-state index in [2.05, 4.69) is 28.1 Å². The Labute approximate surface area is 154 Å². The van der Waals surface area contributed by atoms with E-state index in [1.54, 1.807) is 0 Å². The van der Waals surface area contributed by atoms with Gasteiger partial charge >= 0.3 is 6.03 Å². The normalized spacial score (nSPS) is 17.1. The molecule has 1 fully saturated rings. The van der Waals surface area contributed by atoms with Gasteiger partial charge < -0.3 is 10.2 Å². The van der Waals surface area contributed by atoms with Crippen LogP contribution in [0.4, 0.5) is 4.79 Å². The van der Waals surface area contributed by atoms with Crippen molar-refractivity contribution in [3.63, 3.8) is 0 Å². The number of halogens is 1. The Bertz CT molecular complexity index is 726. The lowest BCUT2D eigenvalue weighted by atomic mass is 10.1. The number of likely N-dealkylation sites (tertiary alicyclic amines) is 1. The van der Waals surface area contributed by atoms with E-state index in [9.17, 15) is 4.79 Å². The lowest BCUT2D eigenvalue weighted by molar-refractivity contribution is 0.206. The first-order chi connectivity index (χ1) is 12.0. The van der Waals surface area contributed by atoms with Crippen LogP contribution in [0.5, 0.6) is 0 Å². The van der Waals surface area contributed by atoms with E-state index in [0.717, 1.165) is 48.8 Å². The highest BCUT2D eigenvalue weighted by Crippen LogP contribution is 2.23. The molecule has 0 spiro atoms. The molecule has 3 rings (SSSR count). The van der Waals surface area contributed by atoms with Crippen LogP contribution in [0.25, 0.3) is 0 Å². The fraction of sp³-hybridized carbons (Fsp3) is 0.474. The number of aryl methyl sites for hydroxylation is 3. The van der Waals surface area contributed by atoms with E-state index in [0.29, 0.717) is 6.54 Å². The maximum absolute atomic E-state index is 12.3. The Hall–Kier alpha value is -2.01. The highest BCUT2D eigenvalue weighted by Gasteiger charge is 2.28. The van der Waals surface area contributed by atoms with E-state index >= 15 is 0 Å². The molecule has 25 heavy (non-hydrogen) atoms. The third-order valence-corrected chi connectivity index (χ3v) is 4.92. The van der Waals surface area contributed by atoms with Crippen LogP contribution in [-0.2, 0) is 6.42 Å². The number of nitrogens with zero attached hydrogens (tertiary/aromatic N) is 3. The molecule has 6 heteroatoms. The van der Waals surface area contributed by atoms with Crippen molar-refractivity contribution in [1.82, 2.24) is 20.0 Å². The Morgan fingerprint density at radius 3 is 2.76 bits per heavy atom. The molecule has 0 saturated carbocycles. The maximum Gasteiger partial charge on any atom is 0.317 e. The van der Waals surface area contributed by atoms with Crippen LogP contribution in [0.2, 0.25) is 5.02 Å². The lowest BCUT2D eigenvalue weighted by Crippen LogP contribution is -2.39. The number of urea groups is 1.